The zero-order chi connectivity index (χ0) is 14.7. The Morgan fingerprint density at radius 1 is 1.24 bits per heavy atom. The number of hydrogen-bond donors (Lipinski definition) is 1. The molecule has 1 saturated heterocycles. The second-order valence-electron chi connectivity index (χ2n) is 5.49. The van der Waals surface area contributed by atoms with Crippen LogP contribution in [0.5, 0.6) is 0 Å². The summed E-state index contributed by atoms with van der Waals surface area (Å²) in [5.74, 6) is 0.979. The van der Waals surface area contributed by atoms with Crippen molar-refractivity contribution in [3.8, 4) is 0 Å². The van der Waals surface area contributed by atoms with Crippen molar-refractivity contribution in [1.29, 1.82) is 0 Å². The monoisotopic (exact) mass is 395 g/mol. The Labute approximate surface area is 138 Å². The minimum Gasteiger partial charge on any atom is -0.389 e. The van der Waals surface area contributed by atoms with Gasteiger partial charge < -0.3 is 10.0 Å². The van der Waals surface area contributed by atoms with Crippen LogP contribution in [0.25, 0.3) is 10.9 Å². The quantitative estimate of drug-likeness (QED) is 0.811. The molecule has 0 saturated carbocycles. The summed E-state index contributed by atoms with van der Waals surface area (Å²) in [6.45, 7) is 1.65. The molecule has 5 heteroatoms. The molecule has 1 N–H and O–H groups in total. The van der Waals surface area contributed by atoms with E-state index in [1.807, 2.05) is 28.4 Å². The summed E-state index contributed by atoms with van der Waals surface area (Å²) in [4.78, 5) is 11.0. The van der Waals surface area contributed by atoms with Gasteiger partial charge in [-0.05, 0) is 35.5 Å². The van der Waals surface area contributed by atoms with Crippen LogP contribution in [0.4, 0.5) is 5.82 Å². The standard InChI is InChI=1S/C16H18IN3O/c17-9-3-6-16(21)7-10-20(11-8-16)15-13-4-1-2-5-14(13)18-12-19-15/h1-5,9,12,21H,6-8,10-11H2. The number of anilines is 1. The first-order valence-corrected chi connectivity index (χ1v) is 8.39. The zero-order valence-corrected chi connectivity index (χ0v) is 13.9. The summed E-state index contributed by atoms with van der Waals surface area (Å²) in [5.41, 5.74) is 0.400. The Balaban J connectivity index is 1.80. The van der Waals surface area contributed by atoms with Crippen LogP contribution in [0, 0.1) is 0 Å². The van der Waals surface area contributed by atoms with Crippen LogP contribution in [0.2, 0.25) is 0 Å². The van der Waals surface area contributed by atoms with Crippen LogP contribution >= 0.6 is 22.6 Å². The lowest BCUT2D eigenvalue weighted by Crippen LogP contribution is -2.44. The average molecular weight is 395 g/mol. The van der Waals surface area contributed by atoms with Gasteiger partial charge in [0.1, 0.15) is 12.1 Å². The fraction of sp³-hybridized carbons (Fsp3) is 0.375. The van der Waals surface area contributed by atoms with Gasteiger partial charge in [-0.1, -0.05) is 40.8 Å². The predicted octanol–water partition coefficient (Wildman–Crippen LogP) is 3.30. The van der Waals surface area contributed by atoms with Crippen molar-refractivity contribution in [2.24, 2.45) is 0 Å². The third-order valence-corrected chi connectivity index (χ3v) is 4.61. The van der Waals surface area contributed by atoms with Gasteiger partial charge in [-0.2, -0.15) is 0 Å². The molecule has 0 unspecified atom stereocenters. The Hall–Kier alpha value is -1.21. The predicted molar refractivity (Wildman–Crippen MR) is 93.7 cm³/mol. The normalized spacial score (nSPS) is 18.5. The first kappa shape index (κ1) is 14.7. The highest BCUT2D eigenvalue weighted by Crippen LogP contribution is 2.31. The van der Waals surface area contributed by atoms with Crippen molar-refractivity contribution in [2.75, 3.05) is 18.0 Å². The van der Waals surface area contributed by atoms with Crippen molar-refractivity contribution in [2.45, 2.75) is 24.9 Å². The van der Waals surface area contributed by atoms with Crippen molar-refractivity contribution in [1.82, 2.24) is 9.97 Å². The van der Waals surface area contributed by atoms with Crippen LogP contribution in [-0.2, 0) is 0 Å². The molecule has 1 aromatic heterocycles. The fourth-order valence-electron chi connectivity index (χ4n) is 2.85. The third kappa shape index (κ3) is 3.18. The maximum Gasteiger partial charge on any atom is 0.139 e. The molecule has 1 aliphatic rings. The molecular formula is C16H18IN3O. The second kappa shape index (κ2) is 6.27. The number of para-hydroxylation sites is 1. The van der Waals surface area contributed by atoms with E-state index in [2.05, 4.69) is 43.5 Å². The summed E-state index contributed by atoms with van der Waals surface area (Å²) < 4.78 is 1.97. The van der Waals surface area contributed by atoms with Crippen LogP contribution in [-0.4, -0.2) is 33.8 Å². The summed E-state index contributed by atoms with van der Waals surface area (Å²) in [5, 5.41) is 11.6. The molecule has 1 aromatic carbocycles. The maximum atomic E-state index is 10.6. The smallest absolute Gasteiger partial charge is 0.139 e. The molecule has 110 valence electrons. The lowest BCUT2D eigenvalue weighted by molar-refractivity contribution is 0.0191. The molecular weight excluding hydrogens is 377 g/mol. The lowest BCUT2D eigenvalue weighted by atomic mass is 9.88. The Bertz CT molecular complexity index is 646. The Kier molecular flexibility index (Phi) is 4.40. The highest BCUT2D eigenvalue weighted by molar-refractivity contribution is 14.1. The number of rotatable bonds is 3. The highest BCUT2D eigenvalue weighted by atomic mass is 127. The van der Waals surface area contributed by atoms with Crippen molar-refractivity contribution in [3.63, 3.8) is 0 Å². The highest BCUT2D eigenvalue weighted by Gasteiger charge is 2.31. The molecule has 1 fully saturated rings. The molecule has 0 spiro atoms. The number of benzene rings is 1. The summed E-state index contributed by atoms with van der Waals surface area (Å²) in [6.07, 6.45) is 5.93. The fourth-order valence-corrected chi connectivity index (χ4v) is 3.10. The Morgan fingerprint density at radius 2 is 2.00 bits per heavy atom. The first-order chi connectivity index (χ1) is 10.2. The number of nitrogens with zero attached hydrogens (tertiary/aromatic N) is 3. The molecule has 4 nitrogen and oxygen atoms in total. The van der Waals surface area contributed by atoms with E-state index in [0.717, 1.165) is 49.1 Å². The third-order valence-electron chi connectivity index (χ3n) is 4.10. The van der Waals surface area contributed by atoms with E-state index in [1.165, 1.54) is 0 Å². The van der Waals surface area contributed by atoms with Crippen molar-refractivity contribution >= 4 is 39.3 Å². The van der Waals surface area contributed by atoms with Crippen LogP contribution in [0.1, 0.15) is 19.3 Å². The number of fused-ring (bicyclic) bond motifs is 1. The van der Waals surface area contributed by atoms with Gasteiger partial charge in [-0.25, -0.2) is 9.97 Å². The van der Waals surface area contributed by atoms with Crippen LogP contribution < -0.4 is 4.90 Å². The molecule has 0 radical (unpaired) electrons. The number of aromatic nitrogens is 2. The van der Waals surface area contributed by atoms with Crippen molar-refractivity contribution < 1.29 is 5.11 Å². The number of aliphatic hydroxyl groups is 1. The van der Waals surface area contributed by atoms with E-state index in [9.17, 15) is 5.11 Å². The zero-order valence-electron chi connectivity index (χ0n) is 11.7. The first-order valence-electron chi connectivity index (χ1n) is 7.14. The van der Waals surface area contributed by atoms with Gasteiger partial charge in [0.25, 0.3) is 0 Å². The van der Waals surface area contributed by atoms with E-state index in [4.69, 9.17) is 0 Å². The summed E-state index contributed by atoms with van der Waals surface area (Å²) in [6, 6.07) is 8.07. The lowest BCUT2D eigenvalue weighted by Gasteiger charge is -2.38. The van der Waals surface area contributed by atoms with E-state index < -0.39 is 5.60 Å². The van der Waals surface area contributed by atoms with Gasteiger partial charge in [0.15, 0.2) is 0 Å². The number of hydrogen-bond acceptors (Lipinski definition) is 4. The van der Waals surface area contributed by atoms with Crippen LogP contribution in [0.3, 0.4) is 0 Å². The minimum atomic E-state index is -0.568. The molecule has 0 atom stereocenters. The molecule has 0 amide bonds. The SMILES string of the molecule is OC1(CC=CI)CCN(c2ncnc3ccccc23)CC1. The van der Waals surface area contributed by atoms with Gasteiger partial charge >= 0.3 is 0 Å². The van der Waals surface area contributed by atoms with E-state index in [1.54, 1.807) is 6.33 Å². The van der Waals surface area contributed by atoms with Gasteiger partial charge in [0, 0.05) is 18.5 Å². The molecule has 3 rings (SSSR count). The summed E-state index contributed by atoms with van der Waals surface area (Å²) >= 11 is 2.19. The molecule has 2 heterocycles. The number of piperidine rings is 1. The van der Waals surface area contributed by atoms with E-state index >= 15 is 0 Å². The summed E-state index contributed by atoms with van der Waals surface area (Å²) in [7, 11) is 0. The molecule has 0 bridgehead atoms. The van der Waals surface area contributed by atoms with Gasteiger partial charge in [-0.3, -0.25) is 0 Å². The van der Waals surface area contributed by atoms with Gasteiger partial charge in [0.05, 0.1) is 11.1 Å². The van der Waals surface area contributed by atoms with Crippen molar-refractivity contribution in [3.05, 3.63) is 40.8 Å². The van der Waals surface area contributed by atoms with E-state index in [0.29, 0.717) is 0 Å². The topological polar surface area (TPSA) is 49.2 Å². The van der Waals surface area contributed by atoms with Crippen LogP contribution in [0.15, 0.2) is 40.8 Å². The molecule has 1 aliphatic heterocycles. The molecule has 21 heavy (non-hydrogen) atoms. The average Bonchev–Trinajstić information content (AvgIpc) is 2.53. The maximum absolute atomic E-state index is 10.6. The largest absolute Gasteiger partial charge is 0.389 e. The Morgan fingerprint density at radius 3 is 2.76 bits per heavy atom. The minimum absolute atomic E-state index is 0.568. The van der Waals surface area contributed by atoms with Gasteiger partial charge in [0.2, 0.25) is 0 Å². The molecule has 2 aromatic rings. The number of halogens is 1. The molecule has 0 aliphatic carbocycles. The second-order valence-corrected chi connectivity index (χ2v) is 6.21. The van der Waals surface area contributed by atoms with E-state index in [-0.39, 0.29) is 0 Å². The van der Waals surface area contributed by atoms with Gasteiger partial charge in [-0.15, -0.1) is 0 Å².